The van der Waals surface area contributed by atoms with Crippen LogP contribution in [-0.4, -0.2) is 45.1 Å². The molecule has 1 heterocycles. The molecule has 0 aromatic rings. The van der Waals surface area contributed by atoms with Crippen molar-refractivity contribution in [3.63, 3.8) is 0 Å². The van der Waals surface area contributed by atoms with Gasteiger partial charge in [-0.2, -0.15) is 13.2 Å². The van der Waals surface area contributed by atoms with Gasteiger partial charge in [0.15, 0.2) is 0 Å². The minimum Gasteiger partial charge on any atom is -0.377 e. The van der Waals surface area contributed by atoms with Crippen LogP contribution >= 0.6 is 0 Å². The average Bonchev–Trinajstić information content (AvgIpc) is 2.28. The molecule has 2 N–H and O–H groups in total. The van der Waals surface area contributed by atoms with Crippen LogP contribution in [0.4, 0.5) is 13.2 Å². The van der Waals surface area contributed by atoms with E-state index in [9.17, 15) is 13.2 Å². The normalized spacial score (nSPS) is 18.5. The highest BCUT2D eigenvalue weighted by Crippen LogP contribution is 2.20. The summed E-state index contributed by atoms with van der Waals surface area (Å²) in [5.41, 5.74) is 0. The monoisotopic (exact) mass is 254 g/mol. The second-order valence-electron chi connectivity index (χ2n) is 4.29. The summed E-state index contributed by atoms with van der Waals surface area (Å²) in [6, 6.07) is 0. The molecule has 1 saturated heterocycles. The van der Waals surface area contributed by atoms with Crippen LogP contribution in [0.1, 0.15) is 25.7 Å². The summed E-state index contributed by atoms with van der Waals surface area (Å²) in [6.45, 7) is 3.58. The molecule has 102 valence electrons. The van der Waals surface area contributed by atoms with Gasteiger partial charge in [0.05, 0.1) is 12.7 Å². The molecule has 1 aliphatic rings. The van der Waals surface area contributed by atoms with E-state index < -0.39 is 12.6 Å². The van der Waals surface area contributed by atoms with Gasteiger partial charge in [0.25, 0.3) is 0 Å². The first-order chi connectivity index (χ1) is 8.08. The molecule has 0 aromatic heterocycles. The molecule has 0 radical (unpaired) electrons. The fourth-order valence-corrected chi connectivity index (χ4v) is 1.80. The summed E-state index contributed by atoms with van der Waals surface area (Å²) in [6.07, 6.45) is -2.25. The zero-order valence-corrected chi connectivity index (χ0v) is 9.98. The lowest BCUT2D eigenvalue weighted by Crippen LogP contribution is -2.34. The third-order valence-electron chi connectivity index (χ3n) is 2.73. The van der Waals surface area contributed by atoms with Gasteiger partial charge in [-0.25, -0.2) is 0 Å². The molecule has 0 aliphatic carbocycles. The number of alkyl halides is 3. The number of ether oxygens (including phenoxy) is 1. The van der Waals surface area contributed by atoms with Crippen LogP contribution in [0.25, 0.3) is 0 Å². The Bertz CT molecular complexity index is 194. The van der Waals surface area contributed by atoms with E-state index >= 15 is 0 Å². The van der Waals surface area contributed by atoms with Crippen molar-refractivity contribution < 1.29 is 17.9 Å². The largest absolute Gasteiger partial charge is 0.389 e. The lowest BCUT2D eigenvalue weighted by Gasteiger charge is -2.22. The molecule has 0 atom stereocenters. The van der Waals surface area contributed by atoms with Crippen LogP contribution in [0, 0.1) is 0 Å². The smallest absolute Gasteiger partial charge is 0.377 e. The van der Waals surface area contributed by atoms with Crippen molar-refractivity contribution in [3.05, 3.63) is 0 Å². The van der Waals surface area contributed by atoms with E-state index in [0.29, 0.717) is 25.8 Å². The number of hydrogen-bond acceptors (Lipinski definition) is 3. The van der Waals surface area contributed by atoms with Crippen molar-refractivity contribution in [1.29, 1.82) is 0 Å². The van der Waals surface area contributed by atoms with Crippen molar-refractivity contribution in [2.24, 2.45) is 0 Å². The van der Waals surface area contributed by atoms with Crippen molar-refractivity contribution in [1.82, 2.24) is 10.6 Å². The van der Waals surface area contributed by atoms with E-state index in [4.69, 9.17) is 4.74 Å². The molecule has 1 fully saturated rings. The lowest BCUT2D eigenvalue weighted by molar-refractivity contribution is -0.135. The molecule has 0 saturated carbocycles. The van der Waals surface area contributed by atoms with E-state index in [1.54, 1.807) is 0 Å². The summed E-state index contributed by atoms with van der Waals surface area (Å²) in [7, 11) is 0. The third-order valence-corrected chi connectivity index (χ3v) is 2.73. The third kappa shape index (κ3) is 8.40. The Kier molecular flexibility index (Phi) is 6.84. The van der Waals surface area contributed by atoms with Gasteiger partial charge in [-0.15, -0.1) is 0 Å². The van der Waals surface area contributed by atoms with Crippen LogP contribution in [0.3, 0.4) is 0 Å². The van der Waals surface area contributed by atoms with E-state index in [0.717, 1.165) is 25.9 Å². The number of rotatable bonds is 7. The molecular formula is C11H21F3N2O. The maximum Gasteiger partial charge on any atom is 0.389 e. The Morgan fingerprint density at radius 1 is 1.18 bits per heavy atom. The highest BCUT2D eigenvalue weighted by Gasteiger charge is 2.25. The van der Waals surface area contributed by atoms with E-state index in [-0.39, 0.29) is 6.42 Å². The molecule has 0 bridgehead atoms. The number of halogens is 3. The SMILES string of the molecule is FC(F)(F)CCCNCCOC1CCNCC1. The fourth-order valence-electron chi connectivity index (χ4n) is 1.80. The van der Waals surface area contributed by atoms with Gasteiger partial charge in [-0.05, 0) is 38.9 Å². The Labute approximate surface area is 100 Å². The minimum absolute atomic E-state index is 0.136. The molecule has 0 spiro atoms. The van der Waals surface area contributed by atoms with Gasteiger partial charge in [-0.1, -0.05) is 0 Å². The van der Waals surface area contributed by atoms with Gasteiger partial charge in [0, 0.05) is 13.0 Å². The van der Waals surface area contributed by atoms with Crippen molar-refractivity contribution in [3.8, 4) is 0 Å². The van der Waals surface area contributed by atoms with E-state index in [1.807, 2.05) is 0 Å². The highest BCUT2D eigenvalue weighted by molar-refractivity contribution is 4.68. The molecule has 0 amide bonds. The highest BCUT2D eigenvalue weighted by atomic mass is 19.4. The van der Waals surface area contributed by atoms with Crippen LogP contribution in [0.2, 0.25) is 0 Å². The summed E-state index contributed by atoms with van der Waals surface area (Å²) < 4.78 is 41.1. The molecule has 0 unspecified atom stereocenters. The first-order valence-corrected chi connectivity index (χ1v) is 6.18. The summed E-state index contributed by atoms with van der Waals surface area (Å²) in [5.74, 6) is 0. The first-order valence-electron chi connectivity index (χ1n) is 6.18. The van der Waals surface area contributed by atoms with Gasteiger partial charge in [0.2, 0.25) is 0 Å². The predicted molar refractivity (Wildman–Crippen MR) is 60.0 cm³/mol. The molecule has 3 nitrogen and oxygen atoms in total. The molecule has 6 heteroatoms. The lowest BCUT2D eigenvalue weighted by atomic mass is 10.1. The molecule has 1 rings (SSSR count). The van der Waals surface area contributed by atoms with Crippen LogP contribution in [-0.2, 0) is 4.74 Å². The Morgan fingerprint density at radius 2 is 1.88 bits per heavy atom. The second kappa shape index (κ2) is 7.89. The number of hydrogen-bond donors (Lipinski definition) is 2. The minimum atomic E-state index is -4.03. The van der Waals surface area contributed by atoms with E-state index in [1.165, 1.54) is 0 Å². The van der Waals surface area contributed by atoms with Crippen molar-refractivity contribution >= 4 is 0 Å². The van der Waals surface area contributed by atoms with Crippen molar-refractivity contribution in [2.75, 3.05) is 32.8 Å². The molecule has 1 aliphatic heterocycles. The zero-order chi connectivity index (χ0) is 12.6. The van der Waals surface area contributed by atoms with E-state index in [2.05, 4.69) is 10.6 Å². The quantitative estimate of drug-likeness (QED) is 0.678. The summed E-state index contributed by atoms with van der Waals surface area (Å²) in [4.78, 5) is 0. The van der Waals surface area contributed by atoms with Gasteiger partial charge < -0.3 is 15.4 Å². The fraction of sp³-hybridized carbons (Fsp3) is 1.00. The van der Waals surface area contributed by atoms with Crippen LogP contribution in [0.15, 0.2) is 0 Å². The van der Waals surface area contributed by atoms with Crippen LogP contribution in [0.5, 0.6) is 0 Å². The maximum absolute atomic E-state index is 11.8. The zero-order valence-electron chi connectivity index (χ0n) is 9.98. The van der Waals surface area contributed by atoms with Crippen LogP contribution < -0.4 is 10.6 Å². The second-order valence-corrected chi connectivity index (χ2v) is 4.29. The van der Waals surface area contributed by atoms with Crippen molar-refractivity contribution in [2.45, 2.75) is 38.0 Å². The van der Waals surface area contributed by atoms with Gasteiger partial charge in [-0.3, -0.25) is 0 Å². The van der Waals surface area contributed by atoms with Gasteiger partial charge in [0.1, 0.15) is 0 Å². The Hall–Kier alpha value is -0.330. The molecular weight excluding hydrogens is 233 g/mol. The number of nitrogens with one attached hydrogen (secondary N) is 2. The average molecular weight is 254 g/mol. The predicted octanol–water partition coefficient (Wildman–Crippen LogP) is 1.69. The first kappa shape index (κ1) is 14.7. The summed E-state index contributed by atoms with van der Waals surface area (Å²) in [5, 5.41) is 6.20. The molecule has 0 aromatic carbocycles. The summed E-state index contributed by atoms with van der Waals surface area (Å²) >= 11 is 0. The Balaban J connectivity index is 1.84. The standard InChI is InChI=1S/C11H21F3N2O/c12-11(13,14)4-1-5-15-8-9-17-10-2-6-16-7-3-10/h10,15-16H,1-9H2. The van der Waals surface area contributed by atoms with Gasteiger partial charge >= 0.3 is 6.18 Å². The molecule has 17 heavy (non-hydrogen) atoms. The maximum atomic E-state index is 11.8. The Morgan fingerprint density at radius 3 is 2.53 bits per heavy atom. The topological polar surface area (TPSA) is 33.3 Å². The number of piperidine rings is 1.